The molecule has 3 aromatic heterocycles. The number of piperidine rings is 1. The molecule has 1 saturated heterocycles. The maximum Gasteiger partial charge on any atom is 0.274 e. The van der Waals surface area contributed by atoms with Crippen LogP contribution >= 0.6 is 11.3 Å². The van der Waals surface area contributed by atoms with E-state index in [0.717, 1.165) is 45.6 Å². The molecule has 0 saturated carbocycles. The number of likely N-dealkylation sites (tertiary alicyclic amines) is 1. The SMILES string of the molecule is CCc1c(C)sc2ncn(C3CCCN(C(=O)c4cc(C(C)(C)C)[nH]n4)C3)c(=O)c12. The molecule has 0 radical (unpaired) electrons. The van der Waals surface area contributed by atoms with Crippen molar-refractivity contribution in [1.29, 1.82) is 0 Å². The molecule has 0 aromatic carbocycles. The number of carbonyl (C=O) groups excluding carboxylic acids is 1. The van der Waals surface area contributed by atoms with E-state index in [4.69, 9.17) is 0 Å². The van der Waals surface area contributed by atoms with Gasteiger partial charge >= 0.3 is 0 Å². The number of aromatic nitrogens is 4. The molecule has 1 aliphatic rings. The van der Waals surface area contributed by atoms with Gasteiger partial charge in [0, 0.05) is 29.1 Å². The van der Waals surface area contributed by atoms with E-state index in [-0.39, 0.29) is 22.9 Å². The van der Waals surface area contributed by atoms with Gasteiger partial charge in [0.05, 0.1) is 17.8 Å². The molecule has 30 heavy (non-hydrogen) atoms. The summed E-state index contributed by atoms with van der Waals surface area (Å²) in [5.74, 6) is -0.0887. The largest absolute Gasteiger partial charge is 0.335 e. The first-order valence-electron chi connectivity index (χ1n) is 10.5. The van der Waals surface area contributed by atoms with E-state index in [0.29, 0.717) is 18.8 Å². The Morgan fingerprint density at radius 2 is 2.13 bits per heavy atom. The first kappa shape index (κ1) is 20.8. The van der Waals surface area contributed by atoms with Crippen molar-refractivity contribution in [2.45, 2.75) is 65.3 Å². The highest BCUT2D eigenvalue weighted by molar-refractivity contribution is 7.18. The Balaban J connectivity index is 1.61. The van der Waals surface area contributed by atoms with Crippen molar-refractivity contribution in [3.05, 3.63) is 44.6 Å². The Morgan fingerprint density at radius 1 is 1.37 bits per heavy atom. The molecule has 1 N–H and O–H groups in total. The predicted octanol–water partition coefficient (Wildman–Crippen LogP) is 3.83. The number of amides is 1. The van der Waals surface area contributed by atoms with Crippen LogP contribution < -0.4 is 5.56 Å². The van der Waals surface area contributed by atoms with Crippen molar-refractivity contribution in [3.63, 3.8) is 0 Å². The fraction of sp³-hybridized carbons (Fsp3) is 0.545. The van der Waals surface area contributed by atoms with Crippen LogP contribution in [-0.2, 0) is 11.8 Å². The molecule has 3 aromatic rings. The Bertz CT molecular complexity index is 1150. The zero-order chi connectivity index (χ0) is 21.6. The summed E-state index contributed by atoms with van der Waals surface area (Å²) in [5.41, 5.74) is 2.38. The van der Waals surface area contributed by atoms with Crippen LogP contribution in [0.25, 0.3) is 10.2 Å². The van der Waals surface area contributed by atoms with Gasteiger partial charge in [-0.1, -0.05) is 27.7 Å². The lowest BCUT2D eigenvalue weighted by Gasteiger charge is -2.33. The molecule has 4 heterocycles. The lowest BCUT2D eigenvalue weighted by Crippen LogP contribution is -2.43. The minimum atomic E-state index is -0.0972. The minimum Gasteiger partial charge on any atom is -0.335 e. The third-order valence-electron chi connectivity index (χ3n) is 5.97. The molecule has 1 atom stereocenters. The normalized spacial score (nSPS) is 17.6. The van der Waals surface area contributed by atoms with Gasteiger partial charge < -0.3 is 4.90 Å². The van der Waals surface area contributed by atoms with Crippen LogP contribution in [0.4, 0.5) is 0 Å². The van der Waals surface area contributed by atoms with Crippen molar-refractivity contribution in [2.75, 3.05) is 13.1 Å². The second kappa shape index (κ2) is 7.65. The van der Waals surface area contributed by atoms with Gasteiger partial charge in [0.2, 0.25) is 0 Å². The average Bonchev–Trinajstić information content (AvgIpc) is 3.32. The summed E-state index contributed by atoms with van der Waals surface area (Å²) >= 11 is 1.58. The molecular formula is C22H29N5O2S. The highest BCUT2D eigenvalue weighted by atomic mass is 32.1. The molecule has 0 spiro atoms. The number of nitrogens with one attached hydrogen (secondary N) is 1. The first-order valence-corrected chi connectivity index (χ1v) is 11.4. The maximum atomic E-state index is 13.3. The van der Waals surface area contributed by atoms with E-state index in [1.807, 2.05) is 17.9 Å². The number of aromatic amines is 1. The number of nitrogens with zero attached hydrogens (tertiary/aromatic N) is 4. The minimum absolute atomic E-state index is 0.00953. The summed E-state index contributed by atoms with van der Waals surface area (Å²) < 4.78 is 1.73. The van der Waals surface area contributed by atoms with Gasteiger partial charge in [-0.25, -0.2) is 4.98 Å². The topological polar surface area (TPSA) is 83.9 Å². The van der Waals surface area contributed by atoms with Crippen LogP contribution in [0.5, 0.6) is 0 Å². The summed E-state index contributed by atoms with van der Waals surface area (Å²) in [5, 5.41) is 7.98. The maximum absolute atomic E-state index is 13.3. The predicted molar refractivity (Wildman–Crippen MR) is 119 cm³/mol. The Labute approximate surface area is 180 Å². The van der Waals surface area contributed by atoms with E-state index < -0.39 is 0 Å². The molecule has 0 aliphatic carbocycles. The van der Waals surface area contributed by atoms with Crippen LogP contribution in [0.2, 0.25) is 0 Å². The number of fused-ring (bicyclic) bond motifs is 1. The Hall–Kier alpha value is -2.48. The van der Waals surface area contributed by atoms with Crippen molar-refractivity contribution < 1.29 is 4.79 Å². The zero-order valence-corrected chi connectivity index (χ0v) is 19.1. The first-order chi connectivity index (χ1) is 14.2. The quantitative estimate of drug-likeness (QED) is 0.689. The van der Waals surface area contributed by atoms with Crippen molar-refractivity contribution in [1.82, 2.24) is 24.6 Å². The molecule has 8 heteroatoms. The van der Waals surface area contributed by atoms with Crippen LogP contribution in [0.15, 0.2) is 17.2 Å². The standard InChI is InChI=1S/C22H29N5O2S/c1-6-15-13(2)30-19-18(15)21(29)27(12-23-19)14-8-7-9-26(11-14)20(28)16-10-17(25-24-16)22(3,4)5/h10,12,14H,6-9,11H2,1-5H3,(H,24,25). The fourth-order valence-corrected chi connectivity index (χ4v) is 5.27. The number of hydrogen-bond donors (Lipinski definition) is 1. The average molecular weight is 428 g/mol. The van der Waals surface area contributed by atoms with E-state index >= 15 is 0 Å². The van der Waals surface area contributed by atoms with Gasteiger partial charge in [0.15, 0.2) is 0 Å². The number of carbonyl (C=O) groups is 1. The lowest BCUT2D eigenvalue weighted by atomic mass is 9.92. The van der Waals surface area contributed by atoms with Gasteiger partial charge in [-0.2, -0.15) is 5.10 Å². The van der Waals surface area contributed by atoms with Gasteiger partial charge in [0.25, 0.3) is 11.5 Å². The van der Waals surface area contributed by atoms with Gasteiger partial charge in [-0.15, -0.1) is 11.3 Å². The van der Waals surface area contributed by atoms with Gasteiger partial charge in [0.1, 0.15) is 10.5 Å². The Morgan fingerprint density at radius 3 is 2.80 bits per heavy atom. The van der Waals surface area contributed by atoms with Gasteiger partial charge in [-0.05, 0) is 37.8 Å². The summed E-state index contributed by atoms with van der Waals surface area (Å²) in [6, 6.07) is 1.77. The van der Waals surface area contributed by atoms with Crippen LogP contribution in [0.1, 0.15) is 73.2 Å². The zero-order valence-electron chi connectivity index (χ0n) is 18.3. The van der Waals surface area contributed by atoms with Crippen molar-refractivity contribution in [3.8, 4) is 0 Å². The van der Waals surface area contributed by atoms with E-state index in [9.17, 15) is 9.59 Å². The fourth-order valence-electron chi connectivity index (χ4n) is 4.20. The summed E-state index contributed by atoms with van der Waals surface area (Å²) in [6.07, 6.45) is 4.18. The second-order valence-electron chi connectivity index (χ2n) is 9.09. The third-order valence-corrected chi connectivity index (χ3v) is 7.03. The highest BCUT2D eigenvalue weighted by Gasteiger charge is 2.29. The number of aryl methyl sites for hydroxylation is 2. The van der Waals surface area contributed by atoms with E-state index in [2.05, 4.69) is 42.9 Å². The van der Waals surface area contributed by atoms with E-state index in [1.165, 1.54) is 0 Å². The molecular weight excluding hydrogens is 398 g/mol. The number of hydrogen-bond acceptors (Lipinski definition) is 5. The summed E-state index contributed by atoms with van der Waals surface area (Å²) in [7, 11) is 0. The van der Waals surface area contributed by atoms with Gasteiger partial charge in [-0.3, -0.25) is 19.3 Å². The van der Waals surface area contributed by atoms with Crippen molar-refractivity contribution in [2.24, 2.45) is 0 Å². The third kappa shape index (κ3) is 3.57. The highest BCUT2D eigenvalue weighted by Crippen LogP contribution is 2.29. The molecule has 1 unspecified atom stereocenters. The molecule has 1 amide bonds. The lowest BCUT2D eigenvalue weighted by molar-refractivity contribution is 0.0671. The number of H-pyrrole nitrogens is 1. The summed E-state index contributed by atoms with van der Waals surface area (Å²) in [4.78, 5) is 34.7. The van der Waals surface area contributed by atoms with E-state index in [1.54, 1.807) is 22.2 Å². The van der Waals surface area contributed by atoms with Crippen molar-refractivity contribution >= 4 is 27.5 Å². The van der Waals surface area contributed by atoms with Crippen LogP contribution in [0.3, 0.4) is 0 Å². The molecule has 7 nitrogen and oxygen atoms in total. The smallest absolute Gasteiger partial charge is 0.274 e. The monoisotopic (exact) mass is 427 g/mol. The molecule has 4 rings (SSSR count). The van der Waals surface area contributed by atoms with Crippen LogP contribution in [-0.4, -0.2) is 43.6 Å². The number of thiophene rings is 1. The number of rotatable bonds is 3. The van der Waals surface area contributed by atoms with Crippen LogP contribution in [0, 0.1) is 6.92 Å². The second-order valence-corrected chi connectivity index (χ2v) is 10.3. The molecule has 1 aliphatic heterocycles. The molecule has 160 valence electrons. The summed E-state index contributed by atoms with van der Waals surface area (Å²) in [6.45, 7) is 11.5. The Kier molecular flexibility index (Phi) is 5.30. The molecule has 0 bridgehead atoms. The molecule has 1 fully saturated rings.